The van der Waals surface area contributed by atoms with Crippen molar-refractivity contribution in [2.24, 2.45) is 46.3 Å². The highest BCUT2D eigenvalue weighted by atomic mass is 16.5. The van der Waals surface area contributed by atoms with Gasteiger partial charge in [-0.1, -0.05) is 77.7 Å². The highest BCUT2D eigenvalue weighted by molar-refractivity contribution is 5.89. The van der Waals surface area contributed by atoms with Gasteiger partial charge in [-0.2, -0.15) is 0 Å². The van der Waals surface area contributed by atoms with Gasteiger partial charge in [0.25, 0.3) is 0 Å². The molecule has 0 heterocycles. The summed E-state index contributed by atoms with van der Waals surface area (Å²) in [6, 6.07) is 9.47. The smallest absolute Gasteiger partial charge is 0.338 e. The molecule has 3 fully saturated rings. The molecule has 3 saturated carbocycles. The minimum Gasteiger partial charge on any atom is -0.455 e. The van der Waals surface area contributed by atoms with E-state index >= 15 is 0 Å². The molecule has 5 rings (SSSR count). The first-order valence-corrected chi connectivity index (χ1v) is 15.2. The molecule has 8 atom stereocenters. The predicted molar refractivity (Wildman–Crippen MR) is 149 cm³/mol. The third-order valence-corrected chi connectivity index (χ3v) is 11.5. The van der Waals surface area contributed by atoms with Gasteiger partial charge in [0.1, 0.15) is 6.10 Å². The fourth-order valence-corrected chi connectivity index (χ4v) is 9.59. The van der Waals surface area contributed by atoms with Gasteiger partial charge >= 0.3 is 5.97 Å². The fourth-order valence-electron chi connectivity index (χ4n) is 9.59. The largest absolute Gasteiger partial charge is 0.455 e. The van der Waals surface area contributed by atoms with Crippen LogP contribution in [0.25, 0.3) is 0 Å². The molecule has 1 aromatic rings. The van der Waals surface area contributed by atoms with Gasteiger partial charge in [-0.3, -0.25) is 0 Å². The van der Waals surface area contributed by atoms with Gasteiger partial charge < -0.3 is 4.74 Å². The minimum atomic E-state index is -0.178. The van der Waals surface area contributed by atoms with Gasteiger partial charge in [-0.25, -0.2) is 4.79 Å². The highest BCUT2D eigenvalue weighted by Crippen LogP contribution is 2.67. The first-order valence-electron chi connectivity index (χ1n) is 15.2. The molecule has 0 N–H and O–H groups in total. The van der Waals surface area contributed by atoms with Gasteiger partial charge in [0, 0.05) is 0 Å². The van der Waals surface area contributed by atoms with Crippen molar-refractivity contribution in [2.45, 2.75) is 111 Å². The van der Waals surface area contributed by atoms with Crippen LogP contribution in [0.3, 0.4) is 0 Å². The Labute approximate surface area is 220 Å². The average Bonchev–Trinajstić information content (AvgIpc) is 3.22. The quantitative estimate of drug-likeness (QED) is 0.281. The van der Waals surface area contributed by atoms with Crippen LogP contribution in [0.4, 0.5) is 0 Å². The lowest BCUT2D eigenvalue weighted by Gasteiger charge is -2.59. The van der Waals surface area contributed by atoms with Crippen LogP contribution >= 0.6 is 0 Å². The maximum Gasteiger partial charge on any atom is 0.338 e. The van der Waals surface area contributed by atoms with Crippen molar-refractivity contribution in [3.63, 3.8) is 0 Å². The summed E-state index contributed by atoms with van der Waals surface area (Å²) in [5.41, 5.74) is 3.12. The Balaban J connectivity index is 1.26. The van der Waals surface area contributed by atoms with Crippen LogP contribution in [0.5, 0.6) is 0 Å². The van der Waals surface area contributed by atoms with Crippen LogP contribution in [-0.2, 0) is 4.74 Å². The Morgan fingerprint density at radius 3 is 2.47 bits per heavy atom. The maximum absolute atomic E-state index is 12.7. The normalized spacial score (nSPS) is 38.5. The van der Waals surface area contributed by atoms with Crippen LogP contribution in [0.2, 0.25) is 0 Å². The lowest BCUT2D eigenvalue weighted by molar-refractivity contribution is -0.0635. The van der Waals surface area contributed by atoms with Gasteiger partial charge in [-0.05, 0) is 116 Å². The van der Waals surface area contributed by atoms with E-state index in [-0.39, 0.29) is 12.1 Å². The maximum atomic E-state index is 12.7. The van der Waals surface area contributed by atoms with Gasteiger partial charge in [-0.15, -0.1) is 0 Å². The van der Waals surface area contributed by atoms with E-state index in [1.165, 1.54) is 64.2 Å². The summed E-state index contributed by atoms with van der Waals surface area (Å²) in [6.45, 7) is 12.6. The Kier molecular flexibility index (Phi) is 7.45. The van der Waals surface area contributed by atoms with Crippen molar-refractivity contribution in [1.29, 1.82) is 0 Å². The zero-order valence-corrected chi connectivity index (χ0v) is 23.6. The number of carbonyl (C=O) groups is 1. The summed E-state index contributed by atoms with van der Waals surface area (Å²) in [5, 5.41) is 0. The summed E-state index contributed by atoms with van der Waals surface area (Å²) in [6.07, 6.45) is 17.0. The second-order valence-corrected chi connectivity index (χ2v) is 13.9. The Hall–Kier alpha value is -1.57. The highest BCUT2D eigenvalue weighted by Gasteiger charge is 2.59. The van der Waals surface area contributed by atoms with E-state index in [4.69, 9.17) is 4.74 Å². The van der Waals surface area contributed by atoms with E-state index in [1.807, 2.05) is 30.3 Å². The van der Waals surface area contributed by atoms with Crippen molar-refractivity contribution < 1.29 is 9.53 Å². The molecule has 0 amide bonds. The molecule has 0 radical (unpaired) electrons. The van der Waals surface area contributed by atoms with Crippen LogP contribution in [-0.4, -0.2) is 12.1 Å². The van der Waals surface area contributed by atoms with E-state index in [9.17, 15) is 4.79 Å². The van der Waals surface area contributed by atoms with Crippen LogP contribution in [0, 0.1) is 46.3 Å². The Morgan fingerprint density at radius 2 is 1.72 bits per heavy atom. The molecule has 4 aliphatic rings. The molecule has 4 aliphatic carbocycles. The number of fused-ring (bicyclic) bond motifs is 5. The number of hydrogen-bond acceptors (Lipinski definition) is 2. The lowest BCUT2D eigenvalue weighted by Crippen LogP contribution is -2.51. The first-order chi connectivity index (χ1) is 17.2. The van der Waals surface area contributed by atoms with Crippen molar-refractivity contribution in [3.05, 3.63) is 47.5 Å². The fraction of sp³-hybridized carbons (Fsp3) is 0.735. The molecular weight excluding hydrogens is 440 g/mol. The van der Waals surface area contributed by atoms with E-state index in [0.717, 1.165) is 41.9 Å². The summed E-state index contributed by atoms with van der Waals surface area (Å²) in [7, 11) is 0. The lowest BCUT2D eigenvalue weighted by atomic mass is 9.46. The number of esters is 1. The zero-order chi connectivity index (χ0) is 25.5. The van der Waals surface area contributed by atoms with Crippen LogP contribution < -0.4 is 0 Å². The number of carbonyl (C=O) groups excluding carboxylic acids is 1. The number of rotatable bonds is 7. The van der Waals surface area contributed by atoms with Crippen LogP contribution in [0.15, 0.2) is 42.0 Å². The standard InChI is InChI=1S/C34H50O2/c1-23(2)10-9-11-24(3)29-16-17-30-28-15-14-26-22-27(36-32(35)25-12-7-6-8-13-25)18-20-33(26,4)31(28)19-21-34(29,30)5/h6-8,12-13,22-24,27-31H,9-11,14-21H2,1-5H3. The third-order valence-electron chi connectivity index (χ3n) is 11.5. The van der Waals surface area contributed by atoms with E-state index in [2.05, 4.69) is 40.7 Å². The molecule has 0 bridgehead atoms. The van der Waals surface area contributed by atoms with E-state index in [0.29, 0.717) is 16.4 Å². The molecule has 2 nitrogen and oxygen atoms in total. The molecule has 198 valence electrons. The second kappa shape index (κ2) is 10.3. The molecule has 36 heavy (non-hydrogen) atoms. The van der Waals surface area contributed by atoms with Gasteiger partial charge in [0.15, 0.2) is 0 Å². The van der Waals surface area contributed by atoms with Gasteiger partial charge in [0.2, 0.25) is 0 Å². The molecule has 0 aliphatic heterocycles. The van der Waals surface area contributed by atoms with Crippen molar-refractivity contribution >= 4 is 5.97 Å². The van der Waals surface area contributed by atoms with Crippen LogP contribution in [0.1, 0.15) is 116 Å². The zero-order valence-electron chi connectivity index (χ0n) is 23.6. The first kappa shape index (κ1) is 26.1. The summed E-state index contributed by atoms with van der Waals surface area (Å²) in [5.74, 6) is 5.08. The molecule has 0 spiro atoms. The number of hydrogen-bond donors (Lipinski definition) is 0. The number of ether oxygens (including phenoxy) is 1. The Bertz CT molecular complexity index is 947. The molecule has 1 aromatic carbocycles. The molecule has 8 unspecified atom stereocenters. The molecule has 0 aromatic heterocycles. The summed E-state index contributed by atoms with van der Waals surface area (Å²) >= 11 is 0. The number of benzene rings is 1. The SMILES string of the molecule is CC(C)CCCC(C)C1CCC2C3CCC4=CC(OC(=O)c5ccccc5)CCC4(C)C3CCC12C. The van der Waals surface area contributed by atoms with Crippen molar-refractivity contribution in [3.8, 4) is 0 Å². The van der Waals surface area contributed by atoms with E-state index in [1.54, 1.807) is 5.57 Å². The molecule has 0 saturated heterocycles. The predicted octanol–water partition coefficient (Wildman–Crippen LogP) is 9.25. The van der Waals surface area contributed by atoms with Crippen molar-refractivity contribution in [2.75, 3.05) is 0 Å². The Morgan fingerprint density at radius 1 is 0.944 bits per heavy atom. The van der Waals surface area contributed by atoms with Crippen molar-refractivity contribution in [1.82, 2.24) is 0 Å². The third kappa shape index (κ3) is 4.71. The molecule has 2 heteroatoms. The molecular formula is C34H50O2. The topological polar surface area (TPSA) is 26.3 Å². The summed E-state index contributed by atoms with van der Waals surface area (Å²) < 4.78 is 5.96. The average molecular weight is 491 g/mol. The minimum absolute atomic E-state index is 0.0614. The summed E-state index contributed by atoms with van der Waals surface area (Å²) in [4.78, 5) is 12.7. The monoisotopic (exact) mass is 490 g/mol. The second-order valence-electron chi connectivity index (χ2n) is 13.9. The number of allylic oxidation sites excluding steroid dienone is 1. The van der Waals surface area contributed by atoms with Gasteiger partial charge in [0.05, 0.1) is 5.56 Å². The van der Waals surface area contributed by atoms with E-state index < -0.39 is 0 Å².